The largest absolute Gasteiger partial charge is 0.492 e. The average Bonchev–Trinajstić information content (AvgIpc) is 2.96. The smallest absolute Gasteiger partial charge is 0.242 e. The van der Waals surface area contributed by atoms with Gasteiger partial charge in [0.25, 0.3) is 0 Å². The maximum Gasteiger partial charge on any atom is 0.242 e. The van der Waals surface area contributed by atoms with Crippen LogP contribution in [-0.4, -0.2) is 58.9 Å². The standard InChI is InChI=1S/C11H14N4O4S/c1-11(8(20)7(17)5(2-16)19-11)15-4-14-6-9(15)12-3-13-10(6)18/h3-5,7-8,16-17,20H,2H2,1H3,(H,12,13,18)/t5-,7-,8-,11-/m1/s1. The van der Waals surface area contributed by atoms with Gasteiger partial charge < -0.3 is 20.1 Å². The van der Waals surface area contributed by atoms with Gasteiger partial charge in [-0.1, -0.05) is 0 Å². The summed E-state index contributed by atoms with van der Waals surface area (Å²) in [6.45, 7) is 1.39. The zero-order valence-corrected chi connectivity index (χ0v) is 11.5. The van der Waals surface area contributed by atoms with Crippen molar-refractivity contribution in [2.24, 2.45) is 0 Å². The SMILES string of the molecule is C[C@@]1(n2cnc3c(O)ncnc32)O[C@H](CO)[C@@H](O)[C@H]1S. The zero-order valence-electron chi connectivity index (χ0n) is 10.6. The summed E-state index contributed by atoms with van der Waals surface area (Å²) < 4.78 is 7.29. The number of aliphatic hydroxyl groups excluding tert-OH is 2. The first-order valence-electron chi connectivity index (χ1n) is 6.01. The second kappa shape index (κ2) is 4.55. The van der Waals surface area contributed by atoms with Crippen LogP contribution >= 0.6 is 12.6 Å². The van der Waals surface area contributed by atoms with Gasteiger partial charge in [-0.2, -0.15) is 17.6 Å². The van der Waals surface area contributed by atoms with Crippen molar-refractivity contribution in [1.82, 2.24) is 19.5 Å². The predicted molar refractivity (Wildman–Crippen MR) is 71.4 cm³/mol. The molecule has 0 amide bonds. The van der Waals surface area contributed by atoms with Crippen molar-refractivity contribution in [3.8, 4) is 5.88 Å². The van der Waals surface area contributed by atoms with Gasteiger partial charge in [-0.3, -0.25) is 4.57 Å². The number of hydrogen-bond donors (Lipinski definition) is 4. The second-order valence-electron chi connectivity index (χ2n) is 4.81. The predicted octanol–water partition coefficient (Wildman–Crippen LogP) is -0.745. The van der Waals surface area contributed by atoms with Gasteiger partial charge in [-0.25, -0.2) is 9.97 Å². The van der Waals surface area contributed by atoms with Crippen LogP contribution in [0.1, 0.15) is 6.92 Å². The summed E-state index contributed by atoms with van der Waals surface area (Å²) in [6.07, 6.45) is 0.979. The maximum absolute atomic E-state index is 10.0. The number of thiol groups is 1. The lowest BCUT2D eigenvalue weighted by Crippen LogP contribution is -2.39. The fraction of sp³-hybridized carbons (Fsp3) is 0.545. The van der Waals surface area contributed by atoms with Crippen LogP contribution in [0.2, 0.25) is 0 Å². The van der Waals surface area contributed by atoms with Crippen molar-refractivity contribution in [2.75, 3.05) is 6.61 Å². The minimum Gasteiger partial charge on any atom is -0.492 e. The number of fused-ring (bicyclic) bond motifs is 1. The van der Waals surface area contributed by atoms with Crippen molar-refractivity contribution in [3.05, 3.63) is 12.7 Å². The maximum atomic E-state index is 10.0. The number of ether oxygens (including phenoxy) is 1. The number of hydrogen-bond acceptors (Lipinski definition) is 8. The molecule has 1 aliphatic heterocycles. The second-order valence-corrected chi connectivity index (χ2v) is 5.37. The molecule has 8 nitrogen and oxygen atoms in total. The number of aromatic hydroxyl groups is 1. The molecule has 0 radical (unpaired) electrons. The Morgan fingerprint density at radius 3 is 2.85 bits per heavy atom. The molecule has 0 bridgehead atoms. The summed E-state index contributed by atoms with van der Waals surface area (Å²) in [5.41, 5.74) is -0.449. The summed E-state index contributed by atoms with van der Waals surface area (Å²) in [4.78, 5) is 11.8. The molecule has 0 unspecified atom stereocenters. The summed E-state index contributed by atoms with van der Waals surface area (Å²) >= 11 is 4.38. The quantitative estimate of drug-likeness (QED) is 0.540. The van der Waals surface area contributed by atoms with E-state index in [1.807, 2.05) is 0 Å². The van der Waals surface area contributed by atoms with E-state index in [1.165, 1.54) is 12.7 Å². The van der Waals surface area contributed by atoms with E-state index in [4.69, 9.17) is 4.74 Å². The Labute approximate surface area is 119 Å². The van der Waals surface area contributed by atoms with E-state index in [1.54, 1.807) is 11.5 Å². The molecule has 0 spiro atoms. The number of imidazole rings is 1. The van der Waals surface area contributed by atoms with Crippen LogP contribution in [0.15, 0.2) is 12.7 Å². The van der Waals surface area contributed by atoms with Crippen molar-refractivity contribution in [2.45, 2.75) is 30.1 Å². The van der Waals surface area contributed by atoms with Crippen LogP contribution in [0, 0.1) is 0 Å². The molecule has 3 rings (SSSR count). The summed E-state index contributed by atoms with van der Waals surface area (Å²) in [6, 6.07) is 0. The molecule has 3 heterocycles. The van der Waals surface area contributed by atoms with Gasteiger partial charge in [0, 0.05) is 0 Å². The van der Waals surface area contributed by atoms with Gasteiger partial charge >= 0.3 is 0 Å². The number of aromatic nitrogens is 4. The molecule has 108 valence electrons. The van der Waals surface area contributed by atoms with Gasteiger partial charge in [-0.15, -0.1) is 0 Å². The molecule has 1 aliphatic rings. The van der Waals surface area contributed by atoms with E-state index in [0.29, 0.717) is 5.65 Å². The summed E-state index contributed by atoms with van der Waals surface area (Å²) in [5, 5.41) is 28.3. The molecule has 1 saturated heterocycles. The van der Waals surface area contributed by atoms with Crippen molar-refractivity contribution in [3.63, 3.8) is 0 Å². The lowest BCUT2D eigenvalue weighted by molar-refractivity contribution is -0.102. The highest BCUT2D eigenvalue weighted by atomic mass is 32.1. The molecule has 4 atom stereocenters. The lowest BCUT2D eigenvalue weighted by atomic mass is 10.1. The Kier molecular flexibility index (Phi) is 3.09. The fourth-order valence-corrected chi connectivity index (χ4v) is 2.84. The van der Waals surface area contributed by atoms with E-state index in [0.717, 1.165) is 0 Å². The first-order valence-corrected chi connectivity index (χ1v) is 6.53. The molecule has 0 aliphatic carbocycles. The van der Waals surface area contributed by atoms with E-state index in [-0.39, 0.29) is 18.0 Å². The third-order valence-corrected chi connectivity index (χ3v) is 4.40. The van der Waals surface area contributed by atoms with Crippen LogP contribution in [0.4, 0.5) is 0 Å². The molecule has 2 aromatic heterocycles. The van der Waals surface area contributed by atoms with Crippen LogP contribution in [-0.2, 0) is 10.5 Å². The first-order chi connectivity index (χ1) is 9.49. The third-order valence-electron chi connectivity index (χ3n) is 3.62. The van der Waals surface area contributed by atoms with Gasteiger partial charge in [0.05, 0.1) is 24.3 Å². The van der Waals surface area contributed by atoms with Crippen LogP contribution in [0.25, 0.3) is 11.2 Å². The molecule has 0 aromatic carbocycles. The highest BCUT2D eigenvalue weighted by Crippen LogP contribution is 2.40. The molecule has 20 heavy (non-hydrogen) atoms. The molecule has 3 N–H and O–H groups in total. The Bertz CT molecular complexity index is 650. The highest BCUT2D eigenvalue weighted by Gasteiger charge is 2.51. The summed E-state index contributed by atoms with van der Waals surface area (Å²) in [5.74, 6) is -0.231. The van der Waals surface area contributed by atoms with Crippen molar-refractivity contribution >= 4 is 23.8 Å². The number of aliphatic hydroxyl groups is 2. The summed E-state index contributed by atoms with van der Waals surface area (Å²) in [7, 11) is 0. The Morgan fingerprint density at radius 2 is 2.20 bits per heavy atom. The lowest BCUT2D eigenvalue weighted by Gasteiger charge is -2.29. The topological polar surface area (TPSA) is 114 Å². The third kappa shape index (κ3) is 1.71. The molecule has 9 heteroatoms. The number of nitrogens with zero attached hydrogens (tertiary/aromatic N) is 4. The molecular weight excluding hydrogens is 284 g/mol. The Balaban J connectivity index is 2.13. The van der Waals surface area contributed by atoms with Gasteiger partial charge in [0.2, 0.25) is 5.88 Å². The molecule has 2 aromatic rings. The van der Waals surface area contributed by atoms with Gasteiger partial charge in [0.15, 0.2) is 16.9 Å². The Hall–Kier alpha value is -1.42. The van der Waals surface area contributed by atoms with E-state index >= 15 is 0 Å². The van der Waals surface area contributed by atoms with E-state index in [2.05, 4.69) is 27.6 Å². The van der Waals surface area contributed by atoms with Crippen LogP contribution < -0.4 is 0 Å². The zero-order chi connectivity index (χ0) is 14.5. The molecule has 0 saturated carbocycles. The van der Waals surface area contributed by atoms with Gasteiger partial charge in [0.1, 0.15) is 12.4 Å². The minimum atomic E-state index is -1.05. The Morgan fingerprint density at radius 1 is 1.45 bits per heavy atom. The van der Waals surface area contributed by atoms with Crippen molar-refractivity contribution in [1.29, 1.82) is 0 Å². The molecule has 1 fully saturated rings. The van der Waals surface area contributed by atoms with Crippen molar-refractivity contribution < 1.29 is 20.1 Å². The van der Waals surface area contributed by atoms with E-state index in [9.17, 15) is 15.3 Å². The minimum absolute atomic E-state index is 0.231. The normalized spacial score (nSPS) is 33.9. The first kappa shape index (κ1) is 13.6. The van der Waals surface area contributed by atoms with Gasteiger partial charge in [-0.05, 0) is 6.92 Å². The van der Waals surface area contributed by atoms with Crippen LogP contribution in [0.3, 0.4) is 0 Å². The molecular formula is C11H14N4O4S. The number of rotatable bonds is 2. The average molecular weight is 298 g/mol. The monoisotopic (exact) mass is 298 g/mol. The fourth-order valence-electron chi connectivity index (χ4n) is 2.46. The van der Waals surface area contributed by atoms with Crippen LogP contribution in [0.5, 0.6) is 5.88 Å². The van der Waals surface area contributed by atoms with E-state index < -0.39 is 23.2 Å². The highest BCUT2D eigenvalue weighted by molar-refractivity contribution is 7.81.